The van der Waals surface area contributed by atoms with E-state index in [2.05, 4.69) is 26.1 Å². The van der Waals surface area contributed by atoms with Crippen molar-refractivity contribution >= 4 is 39.8 Å². The third-order valence-corrected chi connectivity index (χ3v) is 7.94. The Hall–Kier alpha value is -1.85. The molecule has 2 aromatic rings. The van der Waals surface area contributed by atoms with Gasteiger partial charge in [-0.2, -0.15) is 0 Å². The van der Waals surface area contributed by atoms with Gasteiger partial charge in [0.15, 0.2) is 0 Å². The Kier molecular flexibility index (Phi) is 5.95. The van der Waals surface area contributed by atoms with Crippen molar-refractivity contribution < 1.29 is 9.59 Å². The van der Waals surface area contributed by atoms with Gasteiger partial charge in [-0.3, -0.25) is 9.59 Å². The van der Waals surface area contributed by atoms with Crippen LogP contribution in [0.4, 0.5) is 5.00 Å². The summed E-state index contributed by atoms with van der Waals surface area (Å²) in [5, 5.41) is 4.12. The molecule has 160 valence electrons. The van der Waals surface area contributed by atoms with Gasteiger partial charge in [-0.1, -0.05) is 44.5 Å². The molecule has 1 atom stereocenters. The number of anilines is 1. The summed E-state index contributed by atoms with van der Waals surface area (Å²) in [4.78, 5) is 29.6. The fourth-order valence-corrected chi connectivity index (χ4v) is 6.07. The maximum absolute atomic E-state index is 13.4. The van der Waals surface area contributed by atoms with Crippen molar-refractivity contribution in [3.63, 3.8) is 0 Å². The number of fused-ring (bicyclic) bond motifs is 1. The molecule has 1 aromatic heterocycles. The number of amides is 2. The fourth-order valence-electron chi connectivity index (χ4n) is 4.53. The first-order valence-corrected chi connectivity index (χ1v) is 11.9. The van der Waals surface area contributed by atoms with Gasteiger partial charge in [-0.25, -0.2) is 0 Å². The molecule has 0 bridgehead atoms. The highest BCUT2D eigenvalue weighted by Crippen LogP contribution is 2.45. The lowest BCUT2D eigenvalue weighted by molar-refractivity contribution is 0.0792. The van der Waals surface area contributed by atoms with Crippen molar-refractivity contribution in [2.45, 2.75) is 52.9 Å². The molecule has 0 saturated carbocycles. The van der Waals surface area contributed by atoms with Crippen molar-refractivity contribution in [3.8, 4) is 0 Å². The zero-order valence-corrected chi connectivity index (χ0v) is 19.5. The molecule has 1 unspecified atom stereocenters. The molecule has 1 N–H and O–H groups in total. The van der Waals surface area contributed by atoms with Gasteiger partial charge in [0.05, 0.1) is 16.1 Å². The number of rotatable bonds is 3. The largest absolute Gasteiger partial charge is 0.339 e. The van der Waals surface area contributed by atoms with E-state index in [1.807, 2.05) is 4.90 Å². The number of nitrogens with one attached hydrogen (secondary N) is 1. The number of hydrogen-bond donors (Lipinski definition) is 1. The predicted octanol–water partition coefficient (Wildman–Crippen LogP) is 6.04. The molecule has 1 saturated heterocycles. The van der Waals surface area contributed by atoms with Crippen LogP contribution in [0.1, 0.15) is 71.2 Å². The normalized spacial score (nSPS) is 18.9. The molecule has 30 heavy (non-hydrogen) atoms. The summed E-state index contributed by atoms with van der Waals surface area (Å²) in [5.41, 5.74) is 2.51. The number of carbonyl (C=O) groups excluding carboxylic acids is 2. The van der Waals surface area contributed by atoms with Gasteiger partial charge in [0, 0.05) is 18.0 Å². The second-order valence-corrected chi connectivity index (χ2v) is 11.0. The topological polar surface area (TPSA) is 49.4 Å². The van der Waals surface area contributed by atoms with E-state index in [0.717, 1.165) is 50.8 Å². The van der Waals surface area contributed by atoms with E-state index in [-0.39, 0.29) is 17.2 Å². The lowest BCUT2D eigenvalue weighted by atomic mass is 9.72. The fraction of sp³-hybridized carbons (Fsp3) is 0.500. The molecule has 1 aliphatic heterocycles. The number of carbonyl (C=O) groups is 2. The molecule has 2 amide bonds. The molecule has 2 heterocycles. The third-order valence-electron chi connectivity index (χ3n) is 6.44. The van der Waals surface area contributed by atoms with Gasteiger partial charge < -0.3 is 10.2 Å². The molecule has 6 heteroatoms. The SMILES string of the molecule is CC(C)(C)C1CCc2c(sc(NC(=O)c3ccccc3Cl)c2C(=O)N2CCCC2)C1. The van der Waals surface area contributed by atoms with E-state index in [1.54, 1.807) is 35.6 Å². The minimum Gasteiger partial charge on any atom is -0.339 e. The first-order chi connectivity index (χ1) is 14.3. The molecule has 4 rings (SSSR count). The summed E-state index contributed by atoms with van der Waals surface area (Å²) in [6, 6.07) is 7.02. The number of hydrogen-bond acceptors (Lipinski definition) is 3. The number of thiophene rings is 1. The highest BCUT2D eigenvalue weighted by Gasteiger charge is 2.35. The van der Waals surface area contributed by atoms with Crippen LogP contribution in [0, 0.1) is 11.3 Å². The summed E-state index contributed by atoms with van der Waals surface area (Å²) in [5.74, 6) is 0.376. The minimum absolute atomic E-state index is 0.0636. The maximum atomic E-state index is 13.4. The van der Waals surface area contributed by atoms with E-state index in [1.165, 1.54) is 4.88 Å². The van der Waals surface area contributed by atoms with Gasteiger partial charge in [0.2, 0.25) is 0 Å². The molecule has 1 aliphatic carbocycles. The van der Waals surface area contributed by atoms with E-state index in [0.29, 0.717) is 27.1 Å². The lowest BCUT2D eigenvalue weighted by Gasteiger charge is -2.34. The van der Waals surface area contributed by atoms with Crippen LogP contribution < -0.4 is 5.32 Å². The molecule has 1 aromatic carbocycles. The number of likely N-dealkylation sites (tertiary alicyclic amines) is 1. The van der Waals surface area contributed by atoms with Crippen LogP contribution >= 0.6 is 22.9 Å². The van der Waals surface area contributed by atoms with Gasteiger partial charge in [-0.05, 0) is 61.1 Å². The van der Waals surface area contributed by atoms with Crippen LogP contribution in [0.5, 0.6) is 0 Å². The van der Waals surface area contributed by atoms with Crippen LogP contribution in [0.15, 0.2) is 24.3 Å². The Labute approximate surface area is 187 Å². The average molecular weight is 445 g/mol. The van der Waals surface area contributed by atoms with Crippen molar-refractivity contribution in [1.29, 1.82) is 0 Å². The van der Waals surface area contributed by atoms with Crippen molar-refractivity contribution in [2.24, 2.45) is 11.3 Å². The molecule has 0 radical (unpaired) electrons. The standard InChI is InChI=1S/C24H29ClN2O2S/c1-24(2,3)15-10-11-17-19(14-15)30-22(20(17)23(29)27-12-6-7-13-27)26-21(28)16-8-4-5-9-18(16)25/h4-5,8-9,15H,6-7,10-14H2,1-3H3,(H,26,28). The highest BCUT2D eigenvalue weighted by molar-refractivity contribution is 7.17. The highest BCUT2D eigenvalue weighted by atomic mass is 35.5. The third kappa shape index (κ3) is 4.15. The quantitative estimate of drug-likeness (QED) is 0.627. The summed E-state index contributed by atoms with van der Waals surface area (Å²) >= 11 is 7.80. The van der Waals surface area contributed by atoms with Crippen LogP contribution in [-0.4, -0.2) is 29.8 Å². The van der Waals surface area contributed by atoms with Gasteiger partial charge in [0.25, 0.3) is 11.8 Å². The van der Waals surface area contributed by atoms with E-state index in [4.69, 9.17) is 11.6 Å². The Morgan fingerprint density at radius 1 is 1.17 bits per heavy atom. The van der Waals surface area contributed by atoms with Gasteiger partial charge in [0.1, 0.15) is 5.00 Å². The Morgan fingerprint density at radius 2 is 1.87 bits per heavy atom. The Bertz CT molecular complexity index is 970. The monoisotopic (exact) mass is 444 g/mol. The number of benzene rings is 1. The van der Waals surface area contributed by atoms with Crippen molar-refractivity contribution in [1.82, 2.24) is 4.90 Å². The Balaban J connectivity index is 1.70. The molecule has 0 spiro atoms. The van der Waals surface area contributed by atoms with Crippen LogP contribution in [0.2, 0.25) is 5.02 Å². The van der Waals surface area contributed by atoms with Gasteiger partial charge in [-0.15, -0.1) is 11.3 Å². The lowest BCUT2D eigenvalue weighted by Crippen LogP contribution is -2.30. The number of halogens is 1. The maximum Gasteiger partial charge on any atom is 0.257 e. The van der Waals surface area contributed by atoms with Crippen molar-refractivity contribution in [3.05, 3.63) is 50.9 Å². The first-order valence-electron chi connectivity index (χ1n) is 10.8. The minimum atomic E-state index is -0.262. The van der Waals surface area contributed by atoms with E-state index < -0.39 is 0 Å². The first kappa shape index (κ1) is 21.4. The molecule has 2 aliphatic rings. The molecular formula is C24H29ClN2O2S. The van der Waals surface area contributed by atoms with E-state index in [9.17, 15) is 9.59 Å². The summed E-state index contributed by atoms with van der Waals surface area (Å²) in [6.07, 6.45) is 5.03. The smallest absolute Gasteiger partial charge is 0.257 e. The van der Waals surface area contributed by atoms with Gasteiger partial charge >= 0.3 is 0 Å². The molecule has 1 fully saturated rings. The Morgan fingerprint density at radius 3 is 2.53 bits per heavy atom. The zero-order valence-electron chi connectivity index (χ0n) is 17.9. The van der Waals surface area contributed by atoms with Crippen LogP contribution in [-0.2, 0) is 12.8 Å². The van der Waals surface area contributed by atoms with E-state index >= 15 is 0 Å². The zero-order chi connectivity index (χ0) is 21.5. The van der Waals surface area contributed by atoms with Crippen LogP contribution in [0.25, 0.3) is 0 Å². The average Bonchev–Trinajstić information content (AvgIpc) is 3.34. The predicted molar refractivity (Wildman–Crippen MR) is 124 cm³/mol. The second-order valence-electron chi connectivity index (χ2n) is 9.45. The summed E-state index contributed by atoms with van der Waals surface area (Å²) in [6.45, 7) is 8.45. The summed E-state index contributed by atoms with van der Waals surface area (Å²) in [7, 11) is 0. The summed E-state index contributed by atoms with van der Waals surface area (Å²) < 4.78 is 0. The molecule has 4 nitrogen and oxygen atoms in total. The van der Waals surface area contributed by atoms with Crippen molar-refractivity contribution in [2.75, 3.05) is 18.4 Å². The number of nitrogens with zero attached hydrogens (tertiary/aromatic N) is 1. The molecular weight excluding hydrogens is 416 g/mol. The van der Waals surface area contributed by atoms with Crippen LogP contribution in [0.3, 0.4) is 0 Å². The second kappa shape index (κ2) is 8.35.